The maximum Gasteiger partial charge on any atom is 0.323 e. The Bertz CT molecular complexity index is 402. The van der Waals surface area contributed by atoms with E-state index in [2.05, 4.69) is 4.98 Å². The second-order valence-corrected chi connectivity index (χ2v) is 3.54. The number of nitrogens with zero attached hydrogens (tertiary/aromatic N) is 3. The molecular weight excluding hydrogens is 226 g/mol. The second-order valence-electron chi connectivity index (χ2n) is 3.54. The minimum atomic E-state index is -1.06. The number of methoxy groups -OCH3 is 1. The van der Waals surface area contributed by atoms with Crippen molar-refractivity contribution in [2.75, 3.05) is 26.8 Å². The molecule has 1 aromatic heterocycles. The molecule has 0 aliphatic rings. The van der Waals surface area contributed by atoms with Crippen molar-refractivity contribution in [1.82, 2.24) is 14.5 Å². The topological polar surface area (TPSA) is 84.7 Å². The Kier molecular flexibility index (Phi) is 4.65. The van der Waals surface area contributed by atoms with E-state index in [4.69, 9.17) is 9.84 Å². The van der Waals surface area contributed by atoms with Gasteiger partial charge in [0.2, 0.25) is 0 Å². The molecule has 17 heavy (non-hydrogen) atoms. The number of aryl methyl sites for hydroxylation is 1. The van der Waals surface area contributed by atoms with Gasteiger partial charge in [0, 0.05) is 26.9 Å². The van der Waals surface area contributed by atoms with Crippen LogP contribution in [0.3, 0.4) is 0 Å². The van der Waals surface area contributed by atoms with Gasteiger partial charge in [-0.15, -0.1) is 0 Å². The number of hydrogen-bond donors (Lipinski definition) is 1. The number of amides is 1. The molecule has 7 nitrogen and oxygen atoms in total. The Morgan fingerprint density at radius 3 is 2.76 bits per heavy atom. The summed E-state index contributed by atoms with van der Waals surface area (Å²) in [5.74, 6) is -1.48. The molecule has 1 aromatic rings. The van der Waals surface area contributed by atoms with Crippen LogP contribution in [0.2, 0.25) is 0 Å². The van der Waals surface area contributed by atoms with E-state index in [9.17, 15) is 9.59 Å². The molecule has 0 fully saturated rings. The molecule has 0 unspecified atom stereocenters. The molecule has 0 saturated carbocycles. The summed E-state index contributed by atoms with van der Waals surface area (Å²) in [6, 6.07) is 0. The van der Waals surface area contributed by atoms with Crippen molar-refractivity contribution < 1.29 is 19.4 Å². The Morgan fingerprint density at radius 2 is 2.29 bits per heavy atom. The number of rotatable bonds is 6. The van der Waals surface area contributed by atoms with Gasteiger partial charge in [-0.25, -0.2) is 4.98 Å². The summed E-state index contributed by atoms with van der Waals surface area (Å²) < 4.78 is 6.46. The van der Waals surface area contributed by atoms with E-state index in [1.807, 2.05) is 0 Å². The third-order valence-corrected chi connectivity index (χ3v) is 2.10. The average molecular weight is 241 g/mol. The van der Waals surface area contributed by atoms with Crippen LogP contribution in [-0.2, 0) is 16.6 Å². The Labute approximate surface area is 98.6 Å². The lowest BCUT2D eigenvalue weighted by atomic mass is 10.3. The largest absolute Gasteiger partial charge is 0.480 e. The maximum atomic E-state index is 11.9. The minimum absolute atomic E-state index is 0.220. The quantitative estimate of drug-likeness (QED) is 0.732. The zero-order valence-corrected chi connectivity index (χ0v) is 9.79. The van der Waals surface area contributed by atoms with Crippen LogP contribution in [-0.4, -0.2) is 58.2 Å². The van der Waals surface area contributed by atoms with Gasteiger partial charge in [0.1, 0.15) is 12.2 Å². The van der Waals surface area contributed by atoms with Crippen LogP contribution < -0.4 is 0 Å². The van der Waals surface area contributed by atoms with Crippen molar-refractivity contribution in [3.8, 4) is 0 Å². The van der Waals surface area contributed by atoms with E-state index in [1.54, 1.807) is 17.8 Å². The predicted octanol–water partition coefficient (Wildman–Crippen LogP) is -0.407. The summed E-state index contributed by atoms with van der Waals surface area (Å²) in [5, 5.41) is 8.72. The third kappa shape index (κ3) is 3.87. The second kappa shape index (κ2) is 6.00. The molecule has 0 radical (unpaired) electrons. The van der Waals surface area contributed by atoms with Crippen molar-refractivity contribution >= 4 is 11.9 Å². The first-order valence-electron chi connectivity index (χ1n) is 5.02. The summed E-state index contributed by atoms with van der Waals surface area (Å²) in [6.07, 6.45) is 3.03. The fourth-order valence-electron chi connectivity index (χ4n) is 1.30. The van der Waals surface area contributed by atoms with E-state index >= 15 is 0 Å². The molecule has 94 valence electrons. The number of aromatic nitrogens is 2. The van der Waals surface area contributed by atoms with Crippen molar-refractivity contribution in [3.05, 3.63) is 18.2 Å². The van der Waals surface area contributed by atoms with Crippen molar-refractivity contribution in [3.63, 3.8) is 0 Å². The van der Waals surface area contributed by atoms with Crippen LogP contribution in [0.5, 0.6) is 0 Å². The normalized spacial score (nSPS) is 10.2. The van der Waals surface area contributed by atoms with Crippen LogP contribution in [0.15, 0.2) is 12.5 Å². The third-order valence-electron chi connectivity index (χ3n) is 2.10. The van der Waals surface area contributed by atoms with Crippen LogP contribution in [0.1, 0.15) is 10.5 Å². The van der Waals surface area contributed by atoms with E-state index in [0.717, 1.165) is 0 Å². The molecule has 7 heteroatoms. The molecule has 0 spiro atoms. The van der Waals surface area contributed by atoms with E-state index < -0.39 is 11.9 Å². The lowest BCUT2D eigenvalue weighted by molar-refractivity contribution is -0.137. The van der Waals surface area contributed by atoms with Gasteiger partial charge < -0.3 is 19.3 Å². The molecule has 0 aromatic carbocycles. The summed E-state index contributed by atoms with van der Waals surface area (Å²) in [4.78, 5) is 27.7. The number of carboxylic acids is 1. The number of carbonyl (C=O) groups is 2. The molecular formula is C10H15N3O4. The number of hydrogen-bond acceptors (Lipinski definition) is 4. The first kappa shape index (κ1) is 13.2. The van der Waals surface area contributed by atoms with Gasteiger partial charge in [-0.05, 0) is 0 Å². The van der Waals surface area contributed by atoms with Gasteiger partial charge >= 0.3 is 5.97 Å². The van der Waals surface area contributed by atoms with Crippen LogP contribution in [0.25, 0.3) is 0 Å². The molecule has 0 bridgehead atoms. The highest BCUT2D eigenvalue weighted by Gasteiger charge is 2.19. The molecule has 1 amide bonds. The van der Waals surface area contributed by atoms with E-state index in [0.29, 0.717) is 0 Å². The monoisotopic (exact) mass is 241 g/mol. The van der Waals surface area contributed by atoms with Gasteiger partial charge in [0.15, 0.2) is 0 Å². The highest BCUT2D eigenvalue weighted by atomic mass is 16.5. The molecule has 1 rings (SSSR count). The van der Waals surface area contributed by atoms with Crippen molar-refractivity contribution in [2.24, 2.45) is 7.05 Å². The van der Waals surface area contributed by atoms with Crippen molar-refractivity contribution in [1.29, 1.82) is 0 Å². The Morgan fingerprint density at radius 1 is 1.59 bits per heavy atom. The van der Waals surface area contributed by atoms with Gasteiger partial charge in [-0.2, -0.15) is 0 Å². The van der Waals surface area contributed by atoms with E-state index in [1.165, 1.54) is 18.3 Å². The average Bonchev–Trinajstić information content (AvgIpc) is 2.69. The molecule has 0 saturated heterocycles. The summed E-state index contributed by atoms with van der Waals surface area (Å²) in [6.45, 7) is 0.142. The maximum absolute atomic E-state index is 11.9. The predicted molar refractivity (Wildman–Crippen MR) is 58.6 cm³/mol. The van der Waals surface area contributed by atoms with Gasteiger partial charge in [0.25, 0.3) is 5.91 Å². The fraction of sp³-hybridized carbons (Fsp3) is 0.500. The number of ether oxygens (including phenoxy) is 1. The molecule has 0 aliphatic carbocycles. The van der Waals surface area contributed by atoms with Crippen LogP contribution >= 0.6 is 0 Å². The highest BCUT2D eigenvalue weighted by Crippen LogP contribution is 2.01. The zero-order chi connectivity index (χ0) is 12.8. The zero-order valence-electron chi connectivity index (χ0n) is 9.79. The summed E-state index contributed by atoms with van der Waals surface area (Å²) in [5.41, 5.74) is 0.227. The van der Waals surface area contributed by atoms with Gasteiger partial charge in [-0.1, -0.05) is 0 Å². The van der Waals surface area contributed by atoms with E-state index in [-0.39, 0.29) is 25.4 Å². The summed E-state index contributed by atoms with van der Waals surface area (Å²) >= 11 is 0. The molecule has 1 N–H and O–H groups in total. The lowest BCUT2D eigenvalue weighted by Gasteiger charge is -2.18. The van der Waals surface area contributed by atoms with Crippen LogP contribution in [0, 0.1) is 0 Å². The number of carbonyl (C=O) groups excluding carboxylic acids is 1. The first-order valence-corrected chi connectivity index (χ1v) is 5.02. The van der Waals surface area contributed by atoms with Crippen molar-refractivity contribution in [2.45, 2.75) is 0 Å². The fourth-order valence-corrected chi connectivity index (χ4v) is 1.30. The highest BCUT2D eigenvalue weighted by molar-refractivity contribution is 5.93. The van der Waals surface area contributed by atoms with Gasteiger partial charge in [-0.3, -0.25) is 9.59 Å². The SMILES string of the molecule is COCCN(CC(=O)O)C(=O)c1cn(C)cn1. The lowest BCUT2D eigenvalue weighted by Crippen LogP contribution is -2.38. The minimum Gasteiger partial charge on any atom is -0.480 e. The standard InChI is InChI=1S/C10H15N3O4/c1-12-5-8(11-7-12)10(16)13(3-4-17-2)6-9(14)15/h5,7H,3-4,6H2,1-2H3,(H,14,15). The molecule has 0 aliphatic heterocycles. The number of imidazole rings is 1. The number of aliphatic carboxylic acids is 1. The van der Waals surface area contributed by atoms with Crippen LogP contribution in [0.4, 0.5) is 0 Å². The smallest absolute Gasteiger partial charge is 0.323 e. The summed E-state index contributed by atoms with van der Waals surface area (Å²) in [7, 11) is 3.23. The van der Waals surface area contributed by atoms with Gasteiger partial charge in [0.05, 0.1) is 12.9 Å². The number of carboxylic acid groups (broad SMARTS) is 1. The molecule has 0 atom stereocenters. The first-order chi connectivity index (χ1) is 8.04. The molecule has 1 heterocycles. The Balaban J connectivity index is 2.74. The Hall–Kier alpha value is -1.89.